The summed E-state index contributed by atoms with van der Waals surface area (Å²) in [6.07, 6.45) is 2.05. The fourth-order valence-electron chi connectivity index (χ4n) is 3.83. The smallest absolute Gasteiger partial charge is 0.257 e. The molecule has 1 aliphatic heterocycles. The molecule has 150 valence electrons. The highest BCUT2D eigenvalue weighted by molar-refractivity contribution is 6.06. The highest BCUT2D eigenvalue weighted by Gasteiger charge is 2.23. The minimum Gasteiger partial charge on any atom is -0.372 e. The van der Waals surface area contributed by atoms with Gasteiger partial charge in [-0.15, -0.1) is 0 Å². The number of ether oxygens (including phenoxy) is 1. The van der Waals surface area contributed by atoms with Crippen molar-refractivity contribution in [1.82, 2.24) is 9.97 Å². The number of morpholine rings is 1. The number of aromatic nitrogens is 2. The Balaban J connectivity index is 1.51. The molecule has 1 amide bonds. The number of nitrogens with one attached hydrogen (secondary N) is 1. The van der Waals surface area contributed by atoms with E-state index >= 15 is 0 Å². The molecule has 2 unspecified atom stereocenters. The summed E-state index contributed by atoms with van der Waals surface area (Å²) in [7, 11) is 0. The van der Waals surface area contributed by atoms with Crippen LogP contribution in [0.2, 0.25) is 0 Å². The second-order valence-corrected chi connectivity index (χ2v) is 7.84. The van der Waals surface area contributed by atoms with E-state index < -0.39 is 0 Å². The molecule has 6 heteroatoms. The third-order valence-corrected chi connectivity index (χ3v) is 5.15. The normalized spacial score (nSPS) is 19.4. The van der Waals surface area contributed by atoms with Gasteiger partial charge in [-0.2, -0.15) is 0 Å². The lowest BCUT2D eigenvalue weighted by molar-refractivity contribution is -0.00545. The topological polar surface area (TPSA) is 67.4 Å². The third kappa shape index (κ3) is 4.22. The molecule has 6 nitrogen and oxygen atoms in total. The monoisotopic (exact) mass is 390 g/mol. The number of benzene rings is 1. The Bertz CT molecular complexity index is 1040. The minimum atomic E-state index is -0.179. The van der Waals surface area contributed by atoms with E-state index in [1.165, 1.54) is 0 Å². The van der Waals surface area contributed by atoms with Crippen LogP contribution in [0.3, 0.4) is 0 Å². The highest BCUT2D eigenvalue weighted by atomic mass is 16.5. The molecule has 1 saturated heterocycles. The zero-order chi connectivity index (χ0) is 20.5. The Morgan fingerprint density at radius 3 is 2.55 bits per heavy atom. The van der Waals surface area contributed by atoms with Gasteiger partial charge in [-0.3, -0.25) is 9.78 Å². The Labute approximate surface area is 170 Å². The summed E-state index contributed by atoms with van der Waals surface area (Å²) in [6.45, 7) is 9.64. The average Bonchev–Trinajstić information content (AvgIpc) is 2.67. The summed E-state index contributed by atoms with van der Waals surface area (Å²) in [4.78, 5) is 24.2. The first-order valence-electron chi connectivity index (χ1n) is 9.95. The summed E-state index contributed by atoms with van der Waals surface area (Å²) in [5.74, 6) is 0.714. The van der Waals surface area contributed by atoms with E-state index in [0.717, 1.165) is 35.4 Å². The second-order valence-electron chi connectivity index (χ2n) is 7.84. The van der Waals surface area contributed by atoms with E-state index in [0.29, 0.717) is 16.9 Å². The van der Waals surface area contributed by atoms with E-state index in [4.69, 9.17) is 4.74 Å². The number of fused-ring (bicyclic) bond motifs is 1. The van der Waals surface area contributed by atoms with Crippen LogP contribution in [-0.4, -0.2) is 41.2 Å². The lowest BCUT2D eigenvalue weighted by Gasteiger charge is -2.36. The van der Waals surface area contributed by atoms with Crippen molar-refractivity contribution in [3.05, 3.63) is 59.4 Å². The number of carbonyl (C=O) groups excluding carboxylic acids is 1. The van der Waals surface area contributed by atoms with Crippen molar-refractivity contribution in [3.63, 3.8) is 0 Å². The maximum Gasteiger partial charge on any atom is 0.257 e. The predicted octanol–water partition coefficient (Wildman–Crippen LogP) is 4.11. The molecule has 4 rings (SSSR count). The average molecular weight is 390 g/mol. The van der Waals surface area contributed by atoms with Crippen LogP contribution in [0.5, 0.6) is 0 Å². The molecule has 0 aliphatic carbocycles. The van der Waals surface area contributed by atoms with E-state index in [-0.39, 0.29) is 18.1 Å². The van der Waals surface area contributed by atoms with E-state index in [9.17, 15) is 4.79 Å². The van der Waals surface area contributed by atoms with Gasteiger partial charge in [-0.05, 0) is 58.0 Å². The second kappa shape index (κ2) is 7.79. The standard InChI is InChI=1S/C23H26N4O2/c1-14-5-7-21-18(9-14)10-20(17(4)25-21)23(28)26-19-6-8-22(24-11-19)27-12-15(2)29-16(3)13-27/h5-11,15-16H,12-13H2,1-4H3,(H,26,28). The van der Waals surface area contributed by atoms with Gasteiger partial charge in [0.25, 0.3) is 5.91 Å². The molecule has 2 atom stereocenters. The summed E-state index contributed by atoms with van der Waals surface area (Å²) in [5, 5.41) is 3.90. The van der Waals surface area contributed by atoms with Crippen LogP contribution < -0.4 is 10.2 Å². The number of amides is 1. The van der Waals surface area contributed by atoms with Crippen molar-refractivity contribution < 1.29 is 9.53 Å². The molecule has 1 N–H and O–H groups in total. The zero-order valence-electron chi connectivity index (χ0n) is 17.3. The largest absolute Gasteiger partial charge is 0.372 e. The van der Waals surface area contributed by atoms with Crippen LogP contribution >= 0.6 is 0 Å². The number of hydrogen-bond donors (Lipinski definition) is 1. The number of pyridine rings is 2. The number of carbonyl (C=O) groups is 1. The van der Waals surface area contributed by atoms with E-state index in [1.54, 1.807) is 6.20 Å². The van der Waals surface area contributed by atoms with Crippen molar-refractivity contribution >= 4 is 28.3 Å². The van der Waals surface area contributed by atoms with E-state index in [1.807, 2.05) is 50.2 Å². The fourth-order valence-corrected chi connectivity index (χ4v) is 3.83. The molecule has 1 fully saturated rings. The molecular formula is C23H26N4O2. The number of aryl methyl sites for hydroxylation is 2. The van der Waals surface area contributed by atoms with Crippen molar-refractivity contribution in [2.24, 2.45) is 0 Å². The molecule has 3 heterocycles. The number of rotatable bonds is 3. The van der Waals surface area contributed by atoms with E-state index in [2.05, 4.69) is 34.0 Å². The lowest BCUT2D eigenvalue weighted by atomic mass is 10.1. The van der Waals surface area contributed by atoms with Crippen molar-refractivity contribution in [3.8, 4) is 0 Å². The van der Waals surface area contributed by atoms with Gasteiger partial charge < -0.3 is 15.0 Å². The molecule has 29 heavy (non-hydrogen) atoms. The Morgan fingerprint density at radius 2 is 1.86 bits per heavy atom. The zero-order valence-corrected chi connectivity index (χ0v) is 17.3. The number of anilines is 2. The lowest BCUT2D eigenvalue weighted by Crippen LogP contribution is -2.45. The molecule has 0 spiro atoms. The first-order chi connectivity index (χ1) is 13.9. The van der Waals surface area contributed by atoms with Crippen LogP contribution in [0.25, 0.3) is 10.9 Å². The highest BCUT2D eigenvalue weighted by Crippen LogP contribution is 2.22. The van der Waals surface area contributed by atoms with Crippen LogP contribution in [0, 0.1) is 13.8 Å². The van der Waals surface area contributed by atoms with Gasteiger partial charge in [-0.25, -0.2) is 4.98 Å². The SMILES string of the molecule is Cc1ccc2nc(C)c(C(=O)Nc3ccc(N4CC(C)OC(C)C4)nc3)cc2c1. The third-order valence-electron chi connectivity index (χ3n) is 5.15. The van der Waals surface area contributed by atoms with Gasteiger partial charge in [0, 0.05) is 18.5 Å². The maximum atomic E-state index is 12.8. The molecular weight excluding hydrogens is 364 g/mol. The molecule has 2 aromatic heterocycles. The van der Waals surface area contributed by atoms with Crippen LogP contribution in [0.1, 0.15) is 35.5 Å². The summed E-state index contributed by atoms with van der Waals surface area (Å²) in [5.41, 5.74) is 3.98. The molecule has 1 aliphatic rings. The van der Waals surface area contributed by atoms with Crippen LogP contribution in [0.4, 0.5) is 11.5 Å². The Hall–Kier alpha value is -2.99. The summed E-state index contributed by atoms with van der Waals surface area (Å²) < 4.78 is 5.78. The van der Waals surface area contributed by atoms with Gasteiger partial charge in [0.2, 0.25) is 0 Å². The van der Waals surface area contributed by atoms with Crippen LogP contribution in [-0.2, 0) is 4.74 Å². The van der Waals surface area contributed by atoms with Gasteiger partial charge in [-0.1, -0.05) is 11.6 Å². The first kappa shape index (κ1) is 19.3. The van der Waals surface area contributed by atoms with Crippen molar-refractivity contribution in [2.75, 3.05) is 23.3 Å². The molecule has 3 aromatic rings. The maximum absolute atomic E-state index is 12.8. The van der Waals surface area contributed by atoms with Gasteiger partial charge in [0.1, 0.15) is 5.82 Å². The minimum absolute atomic E-state index is 0.173. The fraction of sp³-hybridized carbons (Fsp3) is 0.348. The van der Waals surface area contributed by atoms with Gasteiger partial charge >= 0.3 is 0 Å². The molecule has 0 bridgehead atoms. The molecule has 0 saturated carbocycles. The van der Waals surface area contributed by atoms with Crippen molar-refractivity contribution in [2.45, 2.75) is 39.9 Å². The predicted molar refractivity (Wildman–Crippen MR) is 116 cm³/mol. The van der Waals surface area contributed by atoms with Gasteiger partial charge in [0.05, 0.1) is 40.9 Å². The number of nitrogens with zero attached hydrogens (tertiary/aromatic N) is 3. The first-order valence-corrected chi connectivity index (χ1v) is 9.95. The Kier molecular flexibility index (Phi) is 5.20. The van der Waals surface area contributed by atoms with Gasteiger partial charge in [0.15, 0.2) is 0 Å². The quantitative estimate of drug-likeness (QED) is 0.729. The number of hydrogen-bond acceptors (Lipinski definition) is 5. The summed E-state index contributed by atoms with van der Waals surface area (Å²) in [6, 6.07) is 11.8. The molecule has 1 aromatic carbocycles. The van der Waals surface area contributed by atoms with Crippen molar-refractivity contribution in [1.29, 1.82) is 0 Å². The molecule has 0 radical (unpaired) electrons. The van der Waals surface area contributed by atoms with Crippen LogP contribution in [0.15, 0.2) is 42.6 Å². The summed E-state index contributed by atoms with van der Waals surface area (Å²) >= 11 is 0. The Morgan fingerprint density at radius 1 is 1.10 bits per heavy atom.